The van der Waals surface area contributed by atoms with Crippen molar-refractivity contribution in [2.75, 3.05) is 7.05 Å². The summed E-state index contributed by atoms with van der Waals surface area (Å²) in [6.45, 7) is 3.01. The van der Waals surface area contributed by atoms with E-state index in [4.69, 9.17) is 5.11 Å². The zero-order valence-electron chi connectivity index (χ0n) is 11.9. The number of aromatic nitrogens is 1. The van der Waals surface area contributed by atoms with Gasteiger partial charge in [0.05, 0.1) is 10.4 Å². The summed E-state index contributed by atoms with van der Waals surface area (Å²) in [4.78, 5) is 15.3. The monoisotopic (exact) mass is 308 g/mol. The Balaban J connectivity index is 2.70. The van der Waals surface area contributed by atoms with Crippen LogP contribution in [0.5, 0.6) is 0 Å². The zero-order valence-corrected chi connectivity index (χ0v) is 12.8. The number of carboxylic acid groups (broad SMARTS) is 1. The average molecular weight is 308 g/mol. The molecule has 21 heavy (non-hydrogen) atoms. The molecular formula is C14H16N2O4S. The van der Waals surface area contributed by atoms with Gasteiger partial charge in [-0.1, -0.05) is 6.07 Å². The van der Waals surface area contributed by atoms with Crippen LogP contribution >= 0.6 is 0 Å². The minimum absolute atomic E-state index is 0.101. The Morgan fingerprint density at radius 3 is 2.62 bits per heavy atom. The van der Waals surface area contributed by atoms with Gasteiger partial charge in [0.15, 0.2) is 0 Å². The standard InChI is InChI=1S/C14H16N2O4S/c1-9-6-7-12-11(5-4-8-15-12)13(9)21(19,20)16(3)10(2)14(17)18/h4-8,10H,1-3H3,(H,17,18)/t10-/m0/s1. The third kappa shape index (κ3) is 2.62. The van der Waals surface area contributed by atoms with E-state index in [2.05, 4.69) is 4.98 Å². The normalized spacial score (nSPS) is 13.5. The molecule has 1 atom stereocenters. The summed E-state index contributed by atoms with van der Waals surface area (Å²) >= 11 is 0. The highest BCUT2D eigenvalue weighted by molar-refractivity contribution is 7.89. The first-order chi connectivity index (χ1) is 9.76. The van der Waals surface area contributed by atoms with Crippen molar-refractivity contribution in [3.05, 3.63) is 36.0 Å². The molecule has 1 aromatic heterocycles. The SMILES string of the molecule is Cc1ccc2ncccc2c1S(=O)(=O)N(C)[C@@H](C)C(=O)O. The predicted octanol–water partition coefficient (Wildman–Crippen LogP) is 1.64. The lowest BCUT2D eigenvalue weighted by atomic mass is 10.1. The maximum atomic E-state index is 12.7. The third-order valence-corrected chi connectivity index (χ3v) is 5.60. The van der Waals surface area contributed by atoms with Crippen LogP contribution < -0.4 is 0 Å². The number of hydrogen-bond donors (Lipinski definition) is 1. The van der Waals surface area contributed by atoms with Crippen LogP contribution in [-0.4, -0.2) is 41.9 Å². The second-order valence-corrected chi connectivity index (χ2v) is 6.75. The van der Waals surface area contributed by atoms with Crippen LogP contribution in [0.2, 0.25) is 0 Å². The van der Waals surface area contributed by atoms with Crippen molar-refractivity contribution in [3.63, 3.8) is 0 Å². The summed E-state index contributed by atoms with van der Waals surface area (Å²) in [7, 11) is -2.66. The van der Waals surface area contributed by atoms with Gasteiger partial charge in [-0.2, -0.15) is 4.31 Å². The molecule has 7 heteroatoms. The van der Waals surface area contributed by atoms with E-state index >= 15 is 0 Å². The Kier molecular flexibility index (Phi) is 3.97. The summed E-state index contributed by atoms with van der Waals surface area (Å²) in [5.41, 5.74) is 1.11. The molecule has 2 aromatic rings. The second-order valence-electron chi connectivity index (χ2n) is 4.82. The average Bonchev–Trinajstić information content (AvgIpc) is 2.44. The number of aliphatic carboxylic acids is 1. The van der Waals surface area contributed by atoms with Gasteiger partial charge < -0.3 is 5.11 Å². The number of sulfonamides is 1. The number of nitrogens with zero attached hydrogens (tertiary/aromatic N) is 2. The maximum Gasteiger partial charge on any atom is 0.321 e. The number of rotatable bonds is 4. The number of fused-ring (bicyclic) bond motifs is 1. The molecule has 2 rings (SSSR count). The highest BCUT2D eigenvalue weighted by Gasteiger charge is 2.31. The Hall–Kier alpha value is -1.99. The van der Waals surface area contributed by atoms with E-state index in [0.29, 0.717) is 16.5 Å². The van der Waals surface area contributed by atoms with Crippen LogP contribution in [0, 0.1) is 6.92 Å². The first-order valence-corrected chi connectivity index (χ1v) is 7.76. The third-order valence-electron chi connectivity index (χ3n) is 3.47. The van der Waals surface area contributed by atoms with Gasteiger partial charge in [-0.3, -0.25) is 9.78 Å². The Labute approximate surface area is 123 Å². The molecule has 0 radical (unpaired) electrons. The first kappa shape index (κ1) is 15.4. The summed E-state index contributed by atoms with van der Waals surface area (Å²) in [6, 6.07) is 5.58. The molecular weight excluding hydrogens is 292 g/mol. The molecule has 0 spiro atoms. The fraction of sp³-hybridized carbons (Fsp3) is 0.286. The minimum atomic E-state index is -3.93. The van der Waals surface area contributed by atoms with Gasteiger partial charge in [0.25, 0.3) is 0 Å². The lowest BCUT2D eigenvalue weighted by molar-refractivity contribution is -0.140. The molecule has 1 N–H and O–H groups in total. The zero-order chi connectivity index (χ0) is 15.8. The molecule has 112 valence electrons. The fourth-order valence-corrected chi connectivity index (χ4v) is 3.80. The van der Waals surface area contributed by atoms with Gasteiger partial charge in [-0.15, -0.1) is 0 Å². The van der Waals surface area contributed by atoms with E-state index in [-0.39, 0.29) is 4.90 Å². The van der Waals surface area contributed by atoms with E-state index in [0.717, 1.165) is 4.31 Å². The van der Waals surface area contributed by atoms with Crippen molar-refractivity contribution in [1.82, 2.24) is 9.29 Å². The molecule has 0 saturated carbocycles. The molecule has 1 aromatic carbocycles. The van der Waals surface area contributed by atoms with Crippen LogP contribution in [-0.2, 0) is 14.8 Å². The number of pyridine rings is 1. The predicted molar refractivity (Wildman–Crippen MR) is 78.5 cm³/mol. The number of benzene rings is 1. The van der Waals surface area contributed by atoms with Crippen LogP contribution in [0.15, 0.2) is 35.4 Å². The van der Waals surface area contributed by atoms with Crippen molar-refractivity contribution in [3.8, 4) is 0 Å². The Morgan fingerprint density at radius 1 is 1.33 bits per heavy atom. The quantitative estimate of drug-likeness (QED) is 0.927. The number of likely N-dealkylation sites (N-methyl/N-ethyl adjacent to an activating group) is 1. The number of carbonyl (C=O) groups is 1. The number of hydrogen-bond acceptors (Lipinski definition) is 4. The van der Waals surface area contributed by atoms with Gasteiger partial charge in [0, 0.05) is 18.6 Å². The summed E-state index contributed by atoms with van der Waals surface area (Å²) in [5.74, 6) is -1.20. The molecule has 0 unspecified atom stereocenters. The van der Waals surface area contributed by atoms with Gasteiger partial charge in [0.2, 0.25) is 10.0 Å². The second kappa shape index (κ2) is 5.42. The van der Waals surface area contributed by atoms with E-state index in [9.17, 15) is 13.2 Å². The van der Waals surface area contributed by atoms with E-state index in [1.165, 1.54) is 14.0 Å². The van der Waals surface area contributed by atoms with Crippen LogP contribution in [0.3, 0.4) is 0 Å². The number of carboxylic acids is 1. The largest absolute Gasteiger partial charge is 0.480 e. The van der Waals surface area contributed by atoms with E-state index in [1.54, 1.807) is 37.4 Å². The van der Waals surface area contributed by atoms with Crippen molar-refractivity contribution < 1.29 is 18.3 Å². The lowest BCUT2D eigenvalue weighted by Crippen LogP contribution is -2.40. The molecule has 0 saturated heterocycles. The molecule has 0 aliphatic rings. The molecule has 6 nitrogen and oxygen atoms in total. The van der Waals surface area contributed by atoms with Crippen molar-refractivity contribution in [1.29, 1.82) is 0 Å². The Bertz CT molecular complexity index is 802. The molecule has 1 heterocycles. The van der Waals surface area contributed by atoms with Crippen molar-refractivity contribution in [2.45, 2.75) is 24.8 Å². The minimum Gasteiger partial charge on any atom is -0.480 e. The number of aryl methyl sites for hydroxylation is 1. The Morgan fingerprint density at radius 2 is 2.00 bits per heavy atom. The maximum absolute atomic E-state index is 12.7. The van der Waals surface area contributed by atoms with Crippen molar-refractivity contribution >= 4 is 26.9 Å². The van der Waals surface area contributed by atoms with Gasteiger partial charge in [0.1, 0.15) is 6.04 Å². The van der Waals surface area contributed by atoms with Gasteiger partial charge in [-0.05, 0) is 37.6 Å². The summed E-state index contributed by atoms with van der Waals surface area (Å²) in [5, 5.41) is 9.51. The topological polar surface area (TPSA) is 87.6 Å². The fourth-order valence-electron chi connectivity index (χ4n) is 2.08. The van der Waals surface area contributed by atoms with E-state index < -0.39 is 22.0 Å². The lowest BCUT2D eigenvalue weighted by Gasteiger charge is -2.22. The molecule has 0 amide bonds. The highest BCUT2D eigenvalue weighted by atomic mass is 32.2. The van der Waals surface area contributed by atoms with Crippen LogP contribution in [0.4, 0.5) is 0 Å². The van der Waals surface area contributed by atoms with Crippen molar-refractivity contribution in [2.24, 2.45) is 0 Å². The van der Waals surface area contributed by atoms with Crippen LogP contribution in [0.25, 0.3) is 10.9 Å². The molecule has 0 aliphatic heterocycles. The smallest absolute Gasteiger partial charge is 0.321 e. The molecule has 0 fully saturated rings. The molecule has 0 aliphatic carbocycles. The van der Waals surface area contributed by atoms with E-state index in [1.807, 2.05) is 0 Å². The molecule has 0 bridgehead atoms. The van der Waals surface area contributed by atoms with Gasteiger partial charge >= 0.3 is 5.97 Å². The highest BCUT2D eigenvalue weighted by Crippen LogP contribution is 2.28. The summed E-state index contributed by atoms with van der Waals surface area (Å²) < 4.78 is 26.4. The van der Waals surface area contributed by atoms with Gasteiger partial charge in [-0.25, -0.2) is 8.42 Å². The van der Waals surface area contributed by atoms with Crippen LogP contribution in [0.1, 0.15) is 12.5 Å². The summed E-state index contributed by atoms with van der Waals surface area (Å²) in [6.07, 6.45) is 1.58. The first-order valence-electron chi connectivity index (χ1n) is 6.32.